The predicted octanol–water partition coefficient (Wildman–Crippen LogP) is 0.513. The lowest BCUT2D eigenvalue weighted by Crippen LogP contribution is -2.32. The van der Waals surface area contributed by atoms with E-state index < -0.39 is 5.97 Å². The van der Waals surface area contributed by atoms with Crippen LogP contribution < -0.4 is 5.32 Å². The lowest BCUT2D eigenvalue weighted by Gasteiger charge is -2.18. The molecule has 2 unspecified atom stereocenters. The highest BCUT2D eigenvalue weighted by Crippen LogP contribution is 2.31. The molecule has 2 rings (SSSR count). The van der Waals surface area contributed by atoms with Crippen molar-refractivity contribution in [2.24, 2.45) is 11.8 Å². The third-order valence-corrected chi connectivity index (χ3v) is 3.31. The largest absolute Gasteiger partial charge is 0.481 e. The van der Waals surface area contributed by atoms with E-state index in [-0.39, 0.29) is 11.9 Å². The van der Waals surface area contributed by atoms with E-state index in [1.807, 2.05) is 0 Å². The molecule has 2 fully saturated rings. The summed E-state index contributed by atoms with van der Waals surface area (Å²) >= 11 is 0. The normalized spacial score (nSPS) is 30.7. The van der Waals surface area contributed by atoms with E-state index >= 15 is 0 Å². The second-order valence-corrected chi connectivity index (χ2v) is 4.39. The van der Waals surface area contributed by atoms with Crippen molar-refractivity contribution in [3.63, 3.8) is 0 Å². The van der Waals surface area contributed by atoms with Gasteiger partial charge < -0.3 is 15.3 Å². The van der Waals surface area contributed by atoms with Crippen LogP contribution in [0.2, 0.25) is 0 Å². The SMILES string of the molecule is O=C(O)C1CCC(CN2CCNC2=O)C1. The molecule has 84 valence electrons. The van der Waals surface area contributed by atoms with Gasteiger partial charge in [0.15, 0.2) is 0 Å². The first kappa shape index (κ1) is 10.3. The van der Waals surface area contributed by atoms with E-state index in [0.29, 0.717) is 12.5 Å². The molecule has 1 aliphatic heterocycles. The molecule has 1 aliphatic carbocycles. The first-order valence-electron chi connectivity index (χ1n) is 5.42. The number of hydrogen-bond donors (Lipinski definition) is 2. The van der Waals surface area contributed by atoms with Gasteiger partial charge in [-0.05, 0) is 25.2 Å². The summed E-state index contributed by atoms with van der Waals surface area (Å²) in [6.45, 7) is 2.19. The summed E-state index contributed by atoms with van der Waals surface area (Å²) in [4.78, 5) is 23.8. The van der Waals surface area contributed by atoms with Crippen molar-refractivity contribution in [1.82, 2.24) is 10.2 Å². The Morgan fingerprint density at radius 2 is 2.33 bits per heavy atom. The smallest absolute Gasteiger partial charge is 0.317 e. The second-order valence-electron chi connectivity index (χ2n) is 4.39. The highest BCUT2D eigenvalue weighted by Gasteiger charge is 2.32. The number of urea groups is 1. The molecule has 0 aromatic rings. The van der Waals surface area contributed by atoms with Gasteiger partial charge in [-0.15, -0.1) is 0 Å². The molecule has 1 heterocycles. The number of carboxylic acid groups (broad SMARTS) is 1. The van der Waals surface area contributed by atoms with Gasteiger partial charge in [0.25, 0.3) is 0 Å². The minimum atomic E-state index is -0.691. The van der Waals surface area contributed by atoms with Crippen LogP contribution in [0, 0.1) is 11.8 Å². The van der Waals surface area contributed by atoms with Crippen LogP contribution in [0.15, 0.2) is 0 Å². The molecule has 5 nitrogen and oxygen atoms in total. The molecule has 2 N–H and O–H groups in total. The topological polar surface area (TPSA) is 69.6 Å². The minimum Gasteiger partial charge on any atom is -0.481 e. The average molecular weight is 212 g/mol. The lowest BCUT2D eigenvalue weighted by atomic mass is 10.0. The van der Waals surface area contributed by atoms with E-state index in [2.05, 4.69) is 5.32 Å². The van der Waals surface area contributed by atoms with Crippen LogP contribution in [-0.4, -0.2) is 41.6 Å². The molecule has 0 spiro atoms. The Kier molecular flexibility index (Phi) is 2.79. The molecule has 0 radical (unpaired) electrons. The van der Waals surface area contributed by atoms with Crippen molar-refractivity contribution in [3.8, 4) is 0 Å². The van der Waals surface area contributed by atoms with Crippen LogP contribution in [0.1, 0.15) is 19.3 Å². The number of carbonyl (C=O) groups is 2. The van der Waals surface area contributed by atoms with Crippen molar-refractivity contribution >= 4 is 12.0 Å². The number of carboxylic acids is 1. The maximum absolute atomic E-state index is 11.3. The van der Waals surface area contributed by atoms with Crippen molar-refractivity contribution < 1.29 is 14.7 Å². The number of nitrogens with zero attached hydrogens (tertiary/aromatic N) is 1. The molecule has 2 atom stereocenters. The molecule has 1 saturated carbocycles. The molecular weight excluding hydrogens is 196 g/mol. The van der Waals surface area contributed by atoms with Crippen LogP contribution >= 0.6 is 0 Å². The number of rotatable bonds is 3. The molecule has 2 amide bonds. The van der Waals surface area contributed by atoms with Crippen molar-refractivity contribution in [3.05, 3.63) is 0 Å². The van der Waals surface area contributed by atoms with Crippen molar-refractivity contribution in [2.45, 2.75) is 19.3 Å². The van der Waals surface area contributed by atoms with Crippen molar-refractivity contribution in [2.75, 3.05) is 19.6 Å². The molecular formula is C10H16N2O3. The second kappa shape index (κ2) is 4.08. The molecule has 2 aliphatic rings. The van der Waals surface area contributed by atoms with Gasteiger partial charge in [0, 0.05) is 19.6 Å². The molecule has 15 heavy (non-hydrogen) atoms. The Labute approximate surface area is 88.4 Å². The maximum Gasteiger partial charge on any atom is 0.317 e. The summed E-state index contributed by atoms with van der Waals surface area (Å²) in [6, 6.07) is -0.00576. The predicted molar refractivity (Wildman–Crippen MR) is 53.4 cm³/mol. The van der Waals surface area contributed by atoms with Crippen LogP contribution in [0.4, 0.5) is 4.79 Å². The standard InChI is InChI=1S/C10H16N2O3/c13-9(14)8-2-1-7(5-8)6-12-4-3-11-10(12)15/h7-8H,1-6H2,(H,11,15)(H,13,14). The van der Waals surface area contributed by atoms with E-state index in [1.54, 1.807) is 4.90 Å². The fourth-order valence-corrected chi connectivity index (χ4v) is 2.46. The number of carbonyl (C=O) groups excluding carboxylic acids is 1. The van der Waals surface area contributed by atoms with Gasteiger partial charge >= 0.3 is 12.0 Å². The number of amides is 2. The third-order valence-electron chi connectivity index (χ3n) is 3.31. The summed E-state index contributed by atoms with van der Waals surface area (Å²) in [5.41, 5.74) is 0. The number of nitrogens with one attached hydrogen (secondary N) is 1. The molecule has 1 saturated heterocycles. The van der Waals surface area contributed by atoms with E-state index in [4.69, 9.17) is 5.11 Å². The number of hydrogen-bond acceptors (Lipinski definition) is 2. The zero-order valence-electron chi connectivity index (χ0n) is 8.61. The fraction of sp³-hybridized carbons (Fsp3) is 0.800. The average Bonchev–Trinajstić information content (AvgIpc) is 2.77. The zero-order valence-corrected chi connectivity index (χ0v) is 8.61. The highest BCUT2D eigenvalue weighted by molar-refractivity contribution is 5.76. The van der Waals surface area contributed by atoms with Crippen LogP contribution in [0.5, 0.6) is 0 Å². The monoisotopic (exact) mass is 212 g/mol. The molecule has 0 aromatic heterocycles. The van der Waals surface area contributed by atoms with Gasteiger partial charge in [0.1, 0.15) is 0 Å². The summed E-state index contributed by atoms with van der Waals surface area (Å²) in [7, 11) is 0. The minimum absolute atomic E-state index is 0.00576. The van der Waals surface area contributed by atoms with Crippen LogP contribution in [0.25, 0.3) is 0 Å². The molecule has 5 heteroatoms. The van der Waals surface area contributed by atoms with Gasteiger partial charge in [0.2, 0.25) is 0 Å². The van der Waals surface area contributed by atoms with Gasteiger partial charge in [0.05, 0.1) is 5.92 Å². The molecule has 0 bridgehead atoms. The van der Waals surface area contributed by atoms with Gasteiger partial charge in [-0.3, -0.25) is 4.79 Å². The van der Waals surface area contributed by atoms with Crippen LogP contribution in [0.3, 0.4) is 0 Å². The van der Waals surface area contributed by atoms with E-state index in [0.717, 1.165) is 32.4 Å². The first-order chi connectivity index (χ1) is 7.16. The Hall–Kier alpha value is -1.26. The Balaban J connectivity index is 1.81. The summed E-state index contributed by atoms with van der Waals surface area (Å²) in [6.07, 6.45) is 2.41. The third kappa shape index (κ3) is 2.22. The first-order valence-corrected chi connectivity index (χ1v) is 5.42. The quantitative estimate of drug-likeness (QED) is 0.716. The zero-order chi connectivity index (χ0) is 10.8. The van der Waals surface area contributed by atoms with Gasteiger partial charge in [-0.1, -0.05) is 0 Å². The fourth-order valence-electron chi connectivity index (χ4n) is 2.46. The van der Waals surface area contributed by atoms with Gasteiger partial charge in [-0.2, -0.15) is 0 Å². The Bertz CT molecular complexity index is 280. The van der Waals surface area contributed by atoms with E-state index in [1.165, 1.54) is 0 Å². The summed E-state index contributed by atoms with van der Waals surface area (Å²) in [5, 5.41) is 11.6. The molecule has 0 aromatic carbocycles. The van der Waals surface area contributed by atoms with Crippen LogP contribution in [-0.2, 0) is 4.79 Å². The Morgan fingerprint density at radius 1 is 1.53 bits per heavy atom. The van der Waals surface area contributed by atoms with Crippen molar-refractivity contribution in [1.29, 1.82) is 0 Å². The summed E-state index contributed by atoms with van der Waals surface area (Å²) < 4.78 is 0. The lowest BCUT2D eigenvalue weighted by molar-refractivity contribution is -0.141. The highest BCUT2D eigenvalue weighted by atomic mass is 16.4. The summed E-state index contributed by atoms with van der Waals surface area (Å²) in [5.74, 6) is -0.515. The number of aliphatic carboxylic acids is 1. The van der Waals surface area contributed by atoms with Gasteiger partial charge in [-0.25, -0.2) is 4.79 Å². The Morgan fingerprint density at radius 3 is 2.87 bits per heavy atom. The van der Waals surface area contributed by atoms with E-state index in [9.17, 15) is 9.59 Å². The maximum atomic E-state index is 11.3.